The quantitative estimate of drug-likeness (QED) is 0.735. The number of carbonyl (C=O) groups excluding carboxylic acids is 1. The SMILES string of the molecule is CC(=O)O.O=C(c1ccc2n(c1=O)C[C@@H]1CNC[C@H]2C1)N(Cc1ccsc1)C1CCCC1. The van der Waals surface area contributed by atoms with Gasteiger partial charge in [-0.25, -0.2) is 0 Å². The van der Waals surface area contributed by atoms with Gasteiger partial charge in [0.25, 0.3) is 17.4 Å². The number of aromatic nitrogens is 1. The summed E-state index contributed by atoms with van der Waals surface area (Å²) >= 11 is 1.65. The molecule has 0 unspecified atom stereocenters. The number of carboxylic acid groups (broad SMARTS) is 1. The molecule has 1 aliphatic carbocycles. The fourth-order valence-corrected chi connectivity index (χ4v) is 5.93. The molecule has 1 amide bonds. The van der Waals surface area contributed by atoms with Gasteiger partial charge in [-0.05, 0) is 66.2 Å². The van der Waals surface area contributed by atoms with E-state index in [1.165, 1.54) is 0 Å². The molecule has 172 valence electrons. The number of piperidine rings is 1. The van der Waals surface area contributed by atoms with Gasteiger partial charge in [0.2, 0.25) is 0 Å². The Morgan fingerprint density at radius 3 is 2.66 bits per heavy atom. The molecule has 8 heteroatoms. The average molecular weight is 458 g/mol. The molecule has 7 nitrogen and oxygen atoms in total. The molecule has 2 aromatic heterocycles. The summed E-state index contributed by atoms with van der Waals surface area (Å²) in [5.41, 5.74) is 2.50. The van der Waals surface area contributed by atoms with E-state index in [2.05, 4.69) is 16.8 Å². The highest BCUT2D eigenvalue weighted by molar-refractivity contribution is 7.07. The van der Waals surface area contributed by atoms with Crippen LogP contribution in [-0.4, -0.2) is 45.6 Å². The van der Waals surface area contributed by atoms with E-state index in [1.54, 1.807) is 17.4 Å². The third-order valence-electron chi connectivity index (χ3n) is 6.70. The predicted molar refractivity (Wildman–Crippen MR) is 124 cm³/mol. The zero-order valence-corrected chi connectivity index (χ0v) is 19.3. The molecule has 0 radical (unpaired) electrons. The van der Waals surface area contributed by atoms with Crippen molar-refractivity contribution in [3.63, 3.8) is 0 Å². The Morgan fingerprint density at radius 2 is 1.97 bits per heavy atom. The highest BCUT2D eigenvalue weighted by Crippen LogP contribution is 2.32. The Bertz CT molecular complexity index is 1010. The van der Waals surface area contributed by atoms with E-state index >= 15 is 0 Å². The van der Waals surface area contributed by atoms with Gasteiger partial charge in [-0.1, -0.05) is 12.8 Å². The van der Waals surface area contributed by atoms with Crippen LogP contribution in [0.5, 0.6) is 0 Å². The van der Waals surface area contributed by atoms with Crippen LogP contribution in [0.3, 0.4) is 0 Å². The standard InChI is InChI=1S/C22H27N3O2S.C2H4O2/c26-21(24(18-3-1-2-4-18)12-15-7-8-28-14-15)19-5-6-20-17-9-16(10-23-11-17)13-25(20)22(19)27;1-2(3)4/h5-8,14,16-18,23H,1-4,9-13H2;1H3,(H,3,4)/t16-,17+;/m0./s1. The van der Waals surface area contributed by atoms with Crippen molar-refractivity contribution in [2.45, 2.75) is 64.1 Å². The van der Waals surface area contributed by atoms with Crippen LogP contribution in [0.15, 0.2) is 33.8 Å². The van der Waals surface area contributed by atoms with E-state index in [-0.39, 0.29) is 17.5 Å². The number of hydrogen-bond acceptors (Lipinski definition) is 5. The van der Waals surface area contributed by atoms with Gasteiger partial charge in [0.05, 0.1) is 0 Å². The molecule has 2 aliphatic heterocycles. The van der Waals surface area contributed by atoms with Gasteiger partial charge < -0.3 is 19.9 Å². The summed E-state index contributed by atoms with van der Waals surface area (Å²) in [6.07, 6.45) is 5.55. The van der Waals surface area contributed by atoms with E-state index in [9.17, 15) is 9.59 Å². The normalized spacial score (nSPS) is 21.9. The first-order valence-electron chi connectivity index (χ1n) is 11.4. The number of fused-ring (bicyclic) bond motifs is 4. The Balaban J connectivity index is 0.000000567. The maximum Gasteiger partial charge on any atom is 0.300 e. The fraction of sp³-hybridized carbons (Fsp3) is 0.542. The second-order valence-electron chi connectivity index (χ2n) is 9.07. The number of carboxylic acids is 1. The molecule has 2 bridgehead atoms. The lowest BCUT2D eigenvalue weighted by Gasteiger charge is -2.37. The predicted octanol–water partition coefficient (Wildman–Crippen LogP) is 3.29. The molecule has 2 aromatic rings. The zero-order valence-electron chi connectivity index (χ0n) is 18.5. The van der Waals surface area contributed by atoms with Crippen molar-refractivity contribution >= 4 is 23.2 Å². The number of aliphatic carboxylic acids is 1. The molecule has 3 aliphatic rings. The summed E-state index contributed by atoms with van der Waals surface area (Å²) in [6, 6.07) is 6.14. The molecule has 32 heavy (non-hydrogen) atoms. The Kier molecular flexibility index (Phi) is 7.10. The minimum Gasteiger partial charge on any atom is -0.481 e. The second-order valence-corrected chi connectivity index (χ2v) is 9.85. The average Bonchev–Trinajstić information content (AvgIpc) is 3.46. The molecule has 4 heterocycles. The van der Waals surface area contributed by atoms with Gasteiger partial charge >= 0.3 is 0 Å². The number of hydrogen-bond donors (Lipinski definition) is 2. The van der Waals surface area contributed by atoms with E-state index in [0.29, 0.717) is 23.9 Å². The first-order chi connectivity index (χ1) is 15.4. The van der Waals surface area contributed by atoms with Crippen LogP contribution in [0, 0.1) is 5.92 Å². The van der Waals surface area contributed by atoms with Crippen molar-refractivity contribution in [1.29, 1.82) is 0 Å². The number of pyridine rings is 1. The maximum atomic E-state index is 13.5. The monoisotopic (exact) mass is 457 g/mol. The number of thiophene rings is 1. The van der Waals surface area contributed by atoms with E-state index in [4.69, 9.17) is 9.90 Å². The lowest BCUT2D eigenvalue weighted by atomic mass is 9.84. The minimum absolute atomic E-state index is 0.0904. The number of nitrogens with zero attached hydrogens (tertiary/aromatic N) is 2. The zero-order chi connectivity index (χ0) is 22.7. The van der Waals surface area contributed by atoms with Crippen LogP contribution in [0.2, 0.25) is 0 Å². The topological polar surface area (TPSA) is 91.6 Å². The summed E-state index contributed by atoms with van der Waals surface area (Å²) in [6.45, 7) is 4.30. The molecule has 2 atom stereocenters. The van der Waals surface area contributed by atoms with Crippen LogP contribution >= 0.6 is 11.3 Å². The van der Waals surface area contributed by atoms with Gasteiger partial charge in [0.15, 0.2) is 0 Å². The highest BCUT2D eigenvalue weighted by atomic mass is 32.1. The van der Waals surface area contributed by atoms with Crippen molar-refractivity contribution < 1.29 is 14.7 Å². The van der Waals surface area contributed by atoms with Crippen molar-refractivity contribution in [2.24, 2.45) is 5.92 Å². The third kappa shape index (κ3) is 4.96. The summed E-state index contributed by atoms with van der Waals surface area (Å²) in [7, 11) is 0. The maximum absolute atomic E-state index is 13.5. The number of rotatable bonds is 4. The Morgan fingerprint density at radius 1 is 1.22 bits per heavy atom. The molecule has 1 saturated carbocycles. The van der Waals surface area contributed by atoms with Gasteiger partial charge in [0, 0.05) is 44.2 Å². The van der Waals surface area contributed by atoms with E-state index in [0.717, 1.165) is 69.9 Å². The summed E-state index contributed by atoms with van der Waals surface area (Å²) in [4.78, 5) is 37.8. The van der Waals surface area contributed by atoms with Crippen LogP contribution in [0.1, 0.15) is 66.6 Å². The molecule has 2 fully saturated rings. The first-order valence-corrected chi connectivity index (χ1v) is 12.3. The molecular weight excluding hydrogens is 426 g/mol. The van der Waals surface area contributed by atoms with Gasteiger partial charge in [0.1, 0.15) is 5.56 Å². The van der Waals surface area contributed by atoms with Crippen molar-refractivity contribution in [1.82, 2.24) is 14.8 Å². The molecule has 0 aromatic carbocycles. The van der Waals surface area contributed by atoms with Gasteiger partial charge in [-0.2, -0.15) is 11.3 Å². The Labute approximate surface area is 192 Å². The van der Waals surface area contributed by atoms with Crippen molar-refractivity contribution in [2.75, 3.05) is 13.1 Å². The molecular formula is C24H31N3O4S. The van der Waals surface area contributed by atoms with Crippen LogP contribution in [0.4, 0.5) is 0 Å². The lowest BCUT2D eigenvalue weighted by molar-refractivity contribution is -0.134. The molecule has 5 rings (SSSR count). The largest absolute Gasteiger partial charge is 0.481 e. The van der Waals surface area contributed by atoms with Crippen LogP contribution in [0.25, 0.3) is 0 Å². The van der Waals surface area contributed by atoms with E-state index < -0.39 is 5.97 Å². The molecule has 1 saturated heterocycles. The van der Waals surface area contributed by atoms with Crippen LogP contribution < -0.4 is 10.9 Å². The third-order valence-corrected chi connectivity index (χ3v) is 7.43. The smallest absolute Gasteiger partial charge is 0.300 e. The number of nitrogens with one attached hydrogen (secondary N) is 1. The fourth-order valence-electron chi connectivity index (χ4n) is 5.27. The van der Waals surface area contributed by atoms with Gasteiger partial charge in [-0.15, -0.1) is 0 Å². The second kappa shape index (κ2) is 10.0. The van der Waals surface area contributed by atoms with Crippen molar-refractivity contribution in [3.05, 3.63) is 56.1 Å². The molecule has 2 N–H and O–H groups in total. The summed E-state index contributed by atoms with van der Waals surface area (Å²) < 4.78 is 1.89. The first kappa shape index (κ1) is 22.7. The summed E-state index contributed by atoms with van der Waals surface area (Å²) in [5.74, 6) is -0.0422. The molecule has 0 spiro atoms. The van der Waals surface area contributed by atoms with Crippen molar-refractivity contribution in [3.8, 4) is 0 Å². The number of carbonyl (C=O) groups is 2. The van der Waals surface area contributed by atoms with Gasteiger partial charge in [-0.3, -0.25) is 14.4 Å². The van der Waals surface area contributed by atoms with E-state index in [1.807, 2.05) is 20.9 Å². The lowest BCUT2D eigenvalue weighted by Crippen LogP contribution is -2.47. The minimum atomic E-state index is -0.833. The van der Waals surface area contributed by atoms with Crippen LogP contribution in [-0.2, 0) is 17.9 Å². The number of amides is 1. The highest BCUT2D eigenvalue weighted by Gasteiger charge is 2.34. The summed E-state index contributed by atoms with van der Waals surface area (Å²) in [5, 5.41) is 15.0. The Hall–Kier alpha value is -2.45.